The minimum Gasteiger partial charge on any atom is -0.368 e. The minimum absolute atomic E-state index is 0.00650. The van der Waals surface area contributed by atoms with Crippen LogP contribution < -0.4 is 9.44 Å². The lowest BCUT2D eigenvalue weighted by atomic mass is 10.4. The molecule has 128 valence electrons. The number of rotatable bonds is 5. The van der Waals surface area contributed by atoms with Gasteiger partial charge < -0.3 is 5.73 Å². The Labute approximate surface area is 168 Å². The van der Waals surface area contributed by atoms with Crippen LogP contribution in [0, 0.1) is 0 Å². The molecule has 3 aromatic rings. The summed E-state index contributed by atoms with van der Waals surface area (Å²) in [6.45, 7) is 0. The predicted molar refractivity (Wildman–Crippen MR) is 106 cm³/mol. The molecule has 0 radical (unpaired) electrons. The summed E-state index contributed by atoms with van der Waals surface area (Å²) in [5.41, 5.74) is 5.70. The van der Waals surface area contributed by atoms with Gasteiger partial charge in [-0.25, -0.2) is 3.71 Å². The highest BCUT2D eigenvalue weighted by Gasteiger charge is 2.18. The predicted octanol–water partition coefficient (Wildman–Crippen LogP) is 5.64. The molecule has 5 nitrogen and oxygen atoms in total. The molecule has 0 amide bonds. The highest BCUT2D eigenvalue weighted by atomic mass is 35.5. The van der Waals surface area contributed by atoms with E-state index in [1.165, 1.54) is 23.9 Å². The molecule has 0 unspecified atom stereocenters. The quantitative estimate of drug-likeness (QED) is 0.526. The number of aromatic nitrogens is 3. The Morgan fingerprint density at radius 2 is 1.28 bits per heavy atom. The lowest BCUT2D eigenvalue weighted by Crippen LogP contribution is -2.11. The van der Waals surface area contributed by atoms with Crippen molar-refractivity contribution in [2.45, 2.75) is 9.79 Å². The van der Waals surface area contributed by atoms with Crippen molar-refractivity contribution in [1.29, 1.82) is 0 Å². The average molecular weight is 431 g/mol. The first-order valence-corrected chi connectivity index (χ1v) is 9.53. The molecule has 0 atom stereocenters. The summed E-state index contributed by atoms with van der Waals surface area (Å²) in [6, 6.07) is 14.9. The second-order valence-corrected chi connectivity index (χ2v) is 7.92. The molecular weight excluding hydrogens is 421 g/mol. The first-order chi connectivity index (χ1) is 12.0. The summed E-state index contributed by atoms with van der Waals surface area (Å²) < 4.78 is 1.73. The minimum atomic E-state index is 0.00650. The highest BCUT2D eigenvalue weighted by molar-refractivity contribution is 8.18. The van der Waals surface area contributed by atoms with E-state index in [1.54, 1.807) is 15.8 Å². The molecule has 0 saturated carbocycles. The van der Waals surface area contributed by atoms with Gasteiger partial charge in [-0.05, 0) is 35.9 Å². The number of nitrogen functional groups attached to an aromatic ring is 1. The van der Waals surface area contributed by atoms with Gasteiger partial charge in [0.25, 0.3) is 5.95 Å². The van der Waals surface area contributed by atoms with Crippen LogP contribution in [0.5, 0.6) is 0 Å². The smallest absolute Gasteiger partial charge is 0.252 e. The SMILES string of the molecule is Nc1nc(Cl)nc(N(Sc2ccccc2Cl)Sc2ccccc2Cl)n1. The van der Waals surface area contributed by atoms with Crippen LogP contribution in [0.2, 0.25) is 15.3 Å². The first-order valence-electron chi connectivity index (χ1n) is 6.85. The van der Waals surface area contributed by atoms with Crippen molar-refractivity contribution in [3.05, 3.63) is 63.9 Å². The number of nitrogens with two attached hydrogens (primary N) is 1. The van der Waals surface area contributed by atoms with E-state index in [1.807, 2.05) is 36.4 Å². The number of halogens is 3. The third-order valence-electron chi connectivity index (χ3n) is 2.81. The summed E-state index contributed by atoms with van der Waals surface area (Å²) in [7, 11) is 0. The van der Waals surface area contributed by atoms with E-state index in [4.69, 9.17) is 40.5 Å². The molecule has 0 aliphatic carbocycles. The van der Waals surface area contributed by atoms with Gasteiger partial charge in [0.05, 0.1) is 10.0 Å². The molecule has 0 bridgehead atoms. The standard InChI is InChI=1S/C15H10Cl3N5S2/c16-9-5-1-3-7-11(9)24-23(15-21-13(18)20-14(19)22-15)25-12-8-4-2-6-10(12)17/h1-8H,(H2,19,20,21,22). The van der Waals surface area contributed by atoms with E-state index >= 15 is 0 Å². The lowest BCUT2D eigenvalue weighted by Gasteiger charge is -2.20. The maximum absolute atomic E-state index is 6.27. The maximum Gasteiger partial charge on any atom is 0.252 e. The van der Waals surface area contributed by atoms with Gasteiger partial charge in [0, 0.05) is 33.7 Å². The molecule has 0 fully saturated rings. The van der Waals surface area contributed by atoms with Gasteiger partial charge in [-0.3, -0.25) is 0 Å². The van der Waals surface area contributed by atoms with Gasteiger partial charge in [-0.2, -0.15) is 15.0 Å². The third kappa shape index (κ3) is 4.83. The van der Waals surface area contributed by atoms with Gasteiger partial charge in [0.2, 0.25) is 11.2 Å². The Balaban J connectivity index is 1.98. The van der Waals surface area contributed by atoms with Gasteiger partial charge in [0.1, 0.15) is 0 Å². The van der Waals surface area contributed by atoms with Crippen molar-refractivity contribution in [3.8, 4) is 0 Å². The summed E-state index contributed by atoms with van der Waals surface area (Å²) in [6.07, 6.45) is 0. The number of anilines is 2. The van der Waals surface area contributed by atoms with Crippen molar-refractivity contribution >= 4 is 70.6 Å². The van der Waals surface area contributed by atoms with Crippen molar-refractivity contribution < 1.29 is 0 Å². The molecule has 3 rings (SSSR count). The Hall–Kier alpha value is -1.38. The van der Waals surface area contributed by atoms with E-state index in [0.29, 0.717) is 10.0 Å². The second kappa shape index (κ2) is 8.33. The number of benzene rings is 2. The number of hydrogen-bond acceptors (Lipinski definition) is 7. The van der Waals surface area contributed by atoms with E-state index in [2.05, 4.69) is 15.0 Å². The molecule has 1 aromatic heterocycles. The fourth-order valence-corrected chi connectivity index (χ4v) is 4.30. The Morgan fingerprint density at radius 3 is 1.76 bits per heavy atom. The van der Waals surface area contributed by atoms with Crippen molar-refractivity contribution in [2.75, 3.05) is 9.44 Å². The van der Waals surface area contributed by atoms with Crippen molar-refractivity contribution in [3.63, 3.8) is 0 Å². The highest BCUT2D eigenvalue weighted by Crippen LogP contribution is 2.41. The zero-order chi connectivity index (χ0) is 17.8. The largest absolute Gasteiger partial charge is 0.368 e. The van der Waals surface area contributed by atoms with E-state index in [9.17, 15) is 0 Å². The molecule has 10 heteroatoms. The number of hydrogen-bond donors (Lipinski definition) is 1. The maximum atomic E-state index is 6.27. The molecule has 0 aliphatic rings. The van der Waals surface area contributed by atoms with Crippen LogP contribution in [0.15, 0.2) is 58.3 Å². The summed E-state index contributed by atoms with van der Waals surface area (Å²) in [5.74, 6) is 0.312. The zero-order valence-corrected chi connectivity index (χ0v) is 16.3. The van der Waals surface area contributed by atoms with Crippen LogP contribution in [-0.2, 0) is 0 Å². The Morgan fingerprint density at radius 1 is 0.760 bits per heavy atom. The fourth-order valence-electron chi connectivity index (χ4n) is 1.75. The van der Waals surface area contributed by atoms with Crippen molar-refractivity contribution in [1.82, 2.24) is 15.0 Å². The molecule has 0 spiro atoms. The number of nitrogens with zero attached hydrogens (tertiary/aromatic N) is 4. The fraction of sp³-hybridized carbons (Fsp3) is 0. The van der Waals surface area contributed by atoms with E-state index in [-0.39, 0.29) is 17.2 Å². The van der Waals surface area contributed by atoms with Crippen LogP contribution in [0.4, 0.5) is 11.9 Å². The van der Waals surface area contributed by atoms with E-state index < -0.39 is 0 Å². The molecule has 25 heavy (non-hydrogen) atoms. The zero-order valence-electron chi connectivity index (χ0n) is 12.4. The van der Waals surface area contributed by atoms with Crippen LogP contribution >= 0.6 is 58.7 Å². The van der Waals surface area contributed by atoms with Crippen LogP contribution in [0.3, 0.4) is 0 Å². The van der Waals surface area contributed by atoms with Crippen LogP contribution in [-0.4, -0.2) is 15.0 Å². The molecule has 0 aliphatic heterocycles. The molecule has 2 N–H and O–H groups in total. The summed E-state index contributed by atoms with van der Waals surface area (Å²) >= 11 is 21.1. The van der Waals surface area contributed by atoms with Gasteiger partial charge >= 0.3 is 0 Å². The first kappa shape index (κ1) is 18.4. The molecular formula is C15H10Cl3N5S2. The average Bonchev–Trinajstić information content (AvgIpc) is 2.57. The van der Waals surface area contributed by atoms with Gasteiger partial charge in [-0.15, -0.1) is 0 Å². The second-order valence-electron chi connectivity index (χ2n) is 4.56. The molecule has 0 saturated heterocycles. The monoisotopic (exact) mass is 429 g/mol. The summed E-state index contributed by atoms with van der Waals surface area (Å²) in [4.78, 5) is 13.7. The molecule has 2 aromatic carbocycles. The topological polar surface area (TPSA) is 67.9 Å². The normalized spacial score (nSPS) is 10.7. The van der Waals surface area contributed by atoms with Crippen molar-refractivity contribution in [2.24, 2.45) is 0 Å². The van der Waals surface area contributed by atoms with Gasteiger partial charge in [-0.1, -0.05) is 47.5 Å². The van der Waals surface area contributed by atoms with Gasteiger partial charge in [0.15, 0.2) is 0 Å². The van der Waals surface area contributed by atoms with E-state index in [0.717, 1.165) is 9.79 Å². The van der Waals surface area contributed by atoms with Crippen LogP contribution in [0.25, 0.3) is 0 Å². The third-order valence-corrected chi connectivity index (χ3v) is 6.08. The Kier molecular flexibility index (Phi) is 6.14. The molecule has 1 heterocycles. The Bertz CT molecular complexity index is 829. The summed E-state index contributed by atoms with van der Waals surface area (Å²) in [5, 5.41) is 1.21. The lowest BCUT2D eigenvalue weighted by molar-refractivity contribution is 1.06. The van der Waals surface area contributed by atoms with Crippen LogP contribution in [0.1, 0.15) is 0 Å².